The molecule has 1 unspecified atom stereocenters. The van der Waals surface area contributed by atoms with E-state index in [4.69, 9.17) is 5.26 Å². The minimum atomic E-state index is -1.42. The molecule has 0 aliphatic heterocycles. The third-order valence-corrected chi connectivity index (χ3v) is 4.24. The van der Waals surface area contributed by atoms with Gasteiger partial charge in [0.15, 0.2) is 0 Å². The Bertz CT molecular complexity index is 676. The maximum absolute atomic E-state index is 13.5. The van der Waals surface area contributed by atoms with Gasteiger partial charge in [0, 0.05) is 0 Å². The summed E-state index contributed by atoms with van der Waals surface area (Å²) in [7, 11) is -1.42. The van der Waals surface area contributed by atoms with Crippen molar-refractivity contribution in [2.24, 2.45) is 0 Å². The van der Waals surface area contributed by atoms with Gasteiger partial charge in [-0.25, -0.2) is 4.39 Å². The van der Waals surface area contributed by atoms with E-state index in [0.717, 1.165) is 11.1 Å². The van der Waals surface area contributed by atoms with Crippen molar-refractivity contribution in [1.82, 2.24) is 0 Å². The summed E-state index contributed by atoms with van der Waals surface area (Å²) in [5.74, 6) is -0.203. The number of nitrogens with zero attached hydrogens (tertiary/aromatic N) is 1. The molecule has 0 N–H and O–H groups in total. The van der Waals surface area contributed by atoms with Crippen molar-refractivity contribution in [2.75, 3.05) is 0 Å². The van der Waals surface area contributed by atoms with Crippen LogP contribution in [-0.2, 0) is 16.6 Å². The van der Waals surface area contributed by atoms with Gasteiger partial charge in [-0.3, -0.25) is 4.21 Å². The Morgan fingerprint density at radius 2 is 2.00 bits per heavy atom. The lowest BCUT2D eigenvalue weighted by Crippen LogP contribution is -2.01. The minimum Gasteiger partial charge on any atom is -0.254 e. The van der Waals surface area contributed by atoms with Crippen LogP contribution in [0, 0.1) is 24.1 Å². The van der Waals surface area contributed by atoms with E-state index in [1.165, 1.54) is 12.1 Å². The van der Waals surface area contributed by atoms with Crippen LogP contribution in [0.15, 0.2) is 47.4 Å². The number of hydrogen-bond donors (Lipinski definition) is 0. The summed E-state index contributed by atoms with van der Waals surface area (Å²) >= 11 is 0. The summed E-state index contributed by atoms with van der Waals surface area (Å²) in [5.41, 5.74) is 2.32. The number of rotatable bonds is 3. The molecule has 2 rings (SSSR count). The third kappa shape index (κ3) is 3.07. The summed E-state index contributed by atoms with van der Waals surface area (Å²) in [6.07, 6.45) is 0. The van der Waals surface area contributed by atoms with Gasteiger partial charge in [0.05, 0.1) is 33.1 Å². The van der Waals surface area contributed by atoms with Crippen molar-refractivity contribution < 1.29 is 8.60 Å². The predicted octanol–water partition coefficient (Wildman–Crippen LogP) is 3.31. The van der Waals surface area contributed by atoms with Gasteiger partial charge < -0.3 is 0 Å². The first-order valence-electron chi connectivity index (χ1n) is 5.74. The number of nitriles is 1. The standard InChI is InChI=1S/C15H12FNOS/c1-11-8-12(9-17)6-7-13(11)10-19(18)15-5-3-2-4-14(15)16/h2-8H,10H2,1H3. The fourth-order valence-corrected chi connectivity index (χ4v) is 3.05. The van der Waals surface area contributed by atoms with Gasteiger partial charge in [-0.05, 0) is 42.3 Å². The first-order valence-corrected chi connectivity index (χ1v) is 7.06. The van der Waals surface area contributed by atoms with Crippen molar-refractivity contribution in [3.05, 3.63) is 65.0 Å². The Balaban J connectivity index is 2.25. The molecule has 0 bridgehead atoms. The summed E-state index contributed by atoms with van der Waals surface area (Å²) < 4.78 is 25.7. The molecule has 0 saturated carbocycles. The summed E-state index contributed by atoms with van der Waals surface area (Å²) in [4.78, 5) is 0.214. The number of benzene rings is 2. The van der Waals surface area contributed by atoms with Gasteiger partial charge in [0.1, 0.15) is 5.82 Å². The van der Waals surface area contributed by atoms with Crippen LogP contribution in [0.1, 0.15) is 16.7 Å². The van der Waals surface area contributed by atoms with Gasteiger partial charge in [-0.2, -0.15) is 5.26 Å². The zero-order valence-electron chi connectivity index (χ0n) is 10.4. The molecule has 96 valence electrons. The molecule has 1 atom stereocenters. The van der Waals surface area contributed by atoms with Crippen molar-refractivity contribution in [3.8, 4) is 6.07 Å². The van der Waals surface area contributed by atoms with E-state index in [-0.39, 0.29) is 10.6 Å². The average Bonchev–Trinajstić information content (AvgIpc) is 2.41. The molecule has 0 amide bonds. The second-order valence-corrected chi connectivity index (χ2v) is 5.59. The van der Waals surface area contributed by atoms with Crippen LogP contribution < -0.4 is 0 Å². The lowest BCUT2D eigenvalue weighted by Gasteiger charge is -2.07. The smallest absolute Gasteiger partial charge is 0.139 e. The molecule has 0 fully saturated rings. The molecule has 0 radical (unpaired) electrons. The number of halogens is 1. The van der Waals surface area contributed by atoms with E-state index in [1.807, 2.05) is 6.92 Å². The molecule has 19 heavy (non-hydrogen) atoms. The lowest BCUT2D eigenvalue weighted by molar-refractivity contribution is 0.595. The zero-order chi connectivity index (χ0) is 13.8. The molecule has 0 aliphatic carbocycles. The van der Waals surface area contributed by atoms with E-state index in [9.17, 15) is 8.60 Å². The van der Waals surface area contributed by atoms with Crippen molar-refractivity contribution in [2.45, 2.75) is 17.6 Å². The van der Waals surface area contributed by atoms with Crippen LogP contribution in [0.2, 0.25) is 0 Å². The number of aryl methyl sites for hydroxylation is 1. The van der Waals surface area contributed by atoms with Gasteiger partial charge in [0.2, 0.25) is 0 Å². The highest BCUT2D eigenvalue weighted by molar-refractivity contribution is 7.84. The highest BCUT2D eigenvalue weighted by atomic mass is 32.2. The summed E-state index contributed by atoms with van der Waals surface area (Å²) in [6, 6.07) is 13.3. The summed E-state index contributed by atoms with van der Waals surface area (Å²) in [6.45, 7) is 1.86. The van der Waals surface area contributed by atoms with Gasteiger partial charge in [-0.15, -0.1) is 0 Å². The maximum Gasteiger partial charge on any atom is 0.139 e. The highest BCUT2D eigenvalue weighted by Crippen LogP contribution is 2.18. The molecular formula is C15H12FNOS. The predicted molar refractivity (Wildman–Crippen MR) is 72.4 cm³/mol. The van der Waals surface area contributed by atoms with Crippen LogP contribution in [0.4, 0.5) is 4.39 Å². The largest absolute Gasteiger partial charge is 0.254 e. The molecule has 2 aromatic carbocycles. The summed E-state index contributed by atoms with van der Waals surface area (Å²) in [5, 5.41) is 8.79. The SMILES string of the molecule is Cc1cc(C#N)ccc1CS(=O)c1ccccc1F. The molecule has 2 aromatic rings. The monoisotopic (exact) mass is 273 g/mol. The molecule has 4 heteroatoms. The van der Waals surface area contributed by atoms with Crippen LogP contribution in [-0.4, -0.2) is 4.21 Å². The van der Waals surface area contributed by atoms with E-state index in [0.29, 0.717) is 5.56 Å². The Morgan fingerprint density at radius 3 is 2.63 bits per heavy atom. The molecule has 2 nitrogen and oxygen atoms in total. The van der Waals surface area contributed by atoms with Crippen LogP contribution in [0.3, 0.4) is 0 Å². The Hall–Kier alpha value is -1.99. The van der Waals surface area contributed by atoms with Crippen LogP contribution >= 0.6 is 0 Å². The van der Waals surface area contributed by atoms with Gasteiger partial charge in [0.25, 0.3) is 0 Å². The quantitative estimate of drug-likeness (QED) is 0.860. The third-order valence-electron chi connectivity index (χ3n) is 2.84. The zero-order valence-corrected chi connectivity index (χ0v) is 11.2. The first-order chi connectivity index (χ1) is 9.11. The van der Waals surface area contributed by atoms with Gasteiger partial charge in [-0.1, -0.05) is 18.2 Å². The second kappa shape index (κ2) is 5.77. The fraction of sp³-hybridized carbons (Fsp3) is 0.133. The number of hydrogen-bond acceptors (Lipinski definition) is 2. The topological polar surface area (TPSA) is 40.9 Å². The van der Waals surface area contributed by atoms with E-state index >= 15 is 0 Å². The Labute approximate surface area is 114 Å². The molecule has 0 aliphatic rings. The lowest BCUT2D eigenvalue weighted by atomic mass is 10.1. The highest BCUT2D eigenvalue weighted by Gasteiger charge is 2.11. The van der Waals surface area contributed by atoms with Crippen LogP contribution in [0.5, 0.6) is 0 Å². The van der Waals surface area contributed by atoms with E-state index in [2.05, 4.69) is 6.07 Å². The van der Waals surface area contributed by atoms with E-state index in [1.54, 1.807) is 30.3 Å². The van der Waals surface area contributed by atoms with Crippen molar-refractivity contribution >= 4 is 10.8 Å². The second-order valence-electron chi connectivity index (χ2n) is 4.17. The fourth-order valence-electron chi connectivity index (χ4n) is 1.78. The molecular weight excluding hydrogens is 261 g/mol. The molecule has 0 saturated heterocycles. The molecule has 0 heterocycles. The molecule has 0 aromatic heterocycles. The minimum absolute atomic E-state index is 0.214. The normalized spacial score (nSPS) is 11.8. The van der Waals surface area contributed by atoms with Gasteiger partial charge >= 0.3 is 0 Å². The van der Waals surface area contributed by atoms with E-state index < -0.39 is 16.6 Å². The average molecular weight is 273 g/mol. The Kier molecular flexibility index (Phi) is 4.08. The van der Waals surface area contributed by atoms with Crippen LogP contribution in [0.25, 0.3) is 0 Å². The Morgan fingerprint density at radius 1 is 1.26 bits per heavy atom. The van der Waals surface area contributed by atoms with Crippen molar-refractivity contribution in [1.29, 1.82) is 5.26 Å². The maximum atomic E-state index is 13.5. The molecule has 0 spiro atoms. The first kappa shape index (κ1) is 13.4. The van der Waals surface area contributed by atoms with Crippen molar-refractivity contribution in [3.63, 3.8) is 0 Å².